The number of likely N-dealkylation sites (N-methyl/N-ethyl adjacent to an activating group) is 2. The molecule has 20 heavy (non-hydrogen) atoms. The standard InChI is InChI=1S/C17H35N3/c1-15(13-18-16-9-6-5-7-10-16)20(4)14-17(19(2)3)11-8-12-17/h15-16,18H,5-14H2,1-4H3. The minimum absolute atomic E-state index is 0.452. The summed E-state index contributed by atoms with van der Waals surface area (Å²) in [4.78, 5) is 5.02. The third-order valence-electron chi connectivity index (χ3n) is 5.84. The van der Waals surface area contributed by atoms with Crippen LogP contribution in [0.4, 0.5) is 0 Å². The summed E-state index contributed by atoms with van der Waals surface area (Å²) in [5.74, 6) is 0. The third-order valence-corrected chi connectivity index (χ3v) is 5.84. The van der Waals surface area contributed by atoms with Gasteiger partial charge in [0.15, 0.2) is 0 Å². The maximum absolute atomic E-state index is 3.80. The minimum atomic E-state index is 0.452. The second-order valence-corrected chi connectivity index (χ2v) is 7.48. The molecule has 1 atom stereocenters. The average molecular weight is 281 g/mol. The van der Waals surface area contributed by atoms with E-state index in [1.807, 2.05) is 0 Å². The molecule has 2 saturated carbocycles. The van der Waals surface area contributed by atoms with Gasteiger partial charge in [0.25, 0.3) is 0 Å². The summed E-state index contributed by atoms with van der Waals surface area (Å²) in [5.41, 5.74) is 0.452. The normalized spacial score (nSPS) is 24.9. The number of hydrogen-bond acceptors (Lipinski definition) is 3. The summed E-state index contributed by atoms with van der Waals surface area (Å²) in [7, 11) is 6.80. The number of nitrogens with zero attached hydrogens (tertiary/aromatic N) is 2. The maximum Gasteiger partial charge on any atom is 0.0330 e. The van der Waals surface area contributed by atoms with Crippen LogP contribution in [-0.2, 0) is 0 Å². The molecule has 0 aromatic rings. The highest BCUT2D eigenvalue weighted by molar-refractivity contribution is 4.98. The lowest BCUT2D eigenvalue weighted by atomic mass is 9.75. The Kier molecular flexibility index (Phi) is 5.88. The SMILES string of the molecule is CC(CNC1CCCCC1)N(C)CC1(N(C)C)CCC1. The van der Waals surface area contributed by atoms with Crippen molar-refractivity contribution in [3.8, 4) is 0 Å². The lowest BCUT2D eigenvalue weighted by molar-refractivity contribution is 0.0178. The van der Waals surface area contributed by atoms with Crippen LogP contribution in [0.5, 0.6) is 0 Å². The largest absolute Gasteiger partial charge is 0.312 e. The summed E-state index contributed by atoms with van der Waals surface area (Å²) in [5, 5.41) is 3.80. The molecule has 0 radical (unpaired) electrons. The smallest absolute Gasteiger partial charge is 0.0330 e. The predicted octanol–water partition coefficient (Wildman–Crippen LogP) is 2.71. The van der Waals surface area contributed by atoms with Crippen LogP contribution >= 0.6 is 0 Å². The van der Waals surface area contributed by atoms with Crippen LogP contribution in [0.25, 0.3) is 0 Å². The van der Waals surface area contributed by atoms with Crippen molar-refractivity contribution in [1.29, 1.82) is 0 Å². The predicted molar refractivity (Wildman–Crippen MR) is 87.2 cm³/mol. The molecule has 0 bridgehead atoms. The van der Waals surface area contributed by atoms with Gasteiger partial charge in [0.2, 0.25) is 0 Å². The van der Waals surface area contributed by atoms with Gasteiger partial charge in [-0.25, -0.2) is 0 Å². The summed E-state index contributed by atoms with van der Waals surface area (Å²) in [6, 6.07) is 1.42. The molecule has 2 fully saturated rings. The first-order valence-electron chi connectivity index (χ1n) is 8.64. The molecule has 0 aromatic heterocycles. The van der Waals surface area contributed by atoms with Crippen molar-refractivity contribution in [2.45, 2.75) is 75.9 Å². The Morgan fingerprint density at radius 2 is 1.70 bits per heavy atom. The molecule has 1 unspecified atom stereocenters. The lowest BCUT2D eigenvalue weighted by Gasteiger charge is -2.50. The molecule has 3 heteroatoms. The van der Waals surface area contributed by atoms with Gasteiger partial charge in [0.05, 0.1) is 0 Å². The second-order valence-electron chi connectivity index (χ2n) is 7.48. The van der Waals surface area contributed by atoms with Crippen LogP contribution in [-0.4, -0.2) is 61.7 Å². The number of nitrogens with one attached hydrogen (secondary N) is 1. The molecule has 2 aliphatic carbocycles. The fourth-order valence-electron chi connectivity index (χ4n) is 3.75. The van der Waals surface area contributed by atoms with Gasteiger partial charge in [-0.05, 0) is 60.2 Å². The molecular formula is C17H35N3. The highest BCUT2D eigenvalue weighted by atomic mass is 15.2. The van der Waals surface area contributed by atoms with Gasteiger partial charge in [0, 0.05) is 30.7 Å². The van der Waals surface area contributed by atoms with Crippen molar-refractivity contribution in [3.63, 3.8) is 0 Å². The maximum atomic E-state index is 3.80. The van der Waals surface area contributed by atoms with E-state index in [4.69, 9.17) is 0 Å². The van der Waals surface area contributed by atoms with Crippen LogP contribution in [0.1, 0.15) is 58.3 Å². The van der Waals surface area contributed by atoms with E-state index in [0.717, 1.165) is 12.6 Å². The first-order valence-corrected chi connectivity index (χ1v) is 8.64. The summed E-state index contributed by atoms with van der Waals surface area (Å²) >= 11 is 0. The van der Waals surface area contributed by atoms with Crippen molar-refractivity contribution in [2.75, 3.05) is 34.2 Å². The fraction of sp³-hybridized carbons (Fsp3) is 1.00. The van der Waals surface area contributed by atoms with Crippen molar-refractivity contribution in [3.05, 3.63) is 0 Å². The molecule has 0 aliphatic heterocycles. The molecule has 0 aromatic carbocycles. The van der Waals surface area contributed by atoms with Crippen molar-refractivity contribution >= 4 is 0 Å². The second kappa shape index (κ2) is 7.24. The Morgan fingerprint density at radius 1 is 1.05 bits per heavy atom. The molecule has 2 rings (SSSR count). The zero-order valence-corrected chi connectivity index (χ0v) is 14.1. The van der Waals surface area contributed by atoms with Gasteiger partial charge >= 0.3 is 0 Å². The van der Waals surface area contributed by atoms with Crippen molar-refractivity contribution < 1.29 is 0 Å². The van der Waals surface area contributed by atoms with E-state index in [1.54, 1.807) is 0 Å². The Hall–Kier alpha value is -0.120. The molecule has 3 nitrogen and oxygen atoms in total. The molecule has 1 N–H and O–H groups in total. The molecular weight excluding hydrogens is 246 g/mol. The Balaban J connectivity index is 1.72. The highest BCUT2D eigenvalue weighted by Gasteiger charge is 2.40. The van der Waals surface area contributed by atoms with Gasteiger partial charge in [0.1, 0.15) is 0 Å². The molecule has 118 valence electrons. The lowest BCUT2D eigenvalue weighted by Crippen LogP contribution is -2.58. The van der Waals surface area contributed by atoms with Crippen molar-refractivity contribution in [2.24, 2.45) is 0 Å². The van der Waals surface area contributed by atoms with Gasteiger partial charge in [-0.3, -0.25) is 0 Å². The van der Waals surface area contributed by atoms with E-state index in [-0.39, 0.29) is 0 Å². The molecule has 2 aliphatic rings. The monoisotopic (exact) mass is 281 g/mol. The van der Waals surface area contributed by atoms with Gasteiger partial charge in [-0.15, -0.1) is 0 Å². The van der Waals surface area contributed by atoms with E-state index in [9.17, 15) is 0 Å². The fourth-order valence-corrected chi connectivity index (χ4v) is 3.75. The van der Waals surface area contributed by atoms with Gasteiger partial charge in [-0.2, -0.15) is 0 Å². The first-order chi connectivity index (χ1) is 9.53. The summed E-state index contributed by atoms with van der Waals surface area (Å²) in [6.45, 7) is 4.73. The molecule has 0 spiro atoms. The first kappa shape index (κ1) is 16.3. The topological polar surface area (TPSA) is 18.5 Å². The van der Waals surface area contributed by atoms with Crippen LogP contribution in [0.15, 0.2) is 0 Å². The minimum Gasteiger partial charge on any atom is -0.312 e. The highest BCUT2D eigenvalue weighted by Crippen LogP contribution is 2.36. The van der Waals surface area contributed by atoms with E-state index in [1.165, 1.54) is 57.9 Å². The van der Waals surface area contributed by atoms with E-state index >= 15 is 0 Å². The number of rotatable bonds is 7. The van der Waals surface area contributed by atoms with Crippen LogP contribution < -0.4 is 5.32 Å². The Labute approximate surface area is 126 Å². The zero-order chi connectivity index (χ0) is 14.6. The Bertz CT molecular complexity index is 280. The third kappa shape index (κ3) is 3.96. The molecule has 0 saturated heterocycles. The molecule has 0 heterocycles. The van der Waals surface area contributed by atoms with Crippen LogP contribution in [0, 0.1) is 0 Å². The van der Waals surface area contributed by atoms with Gasteiger partial charge < -0.3 is 15.1 Å². The van der Waals surface area contributed by atoms with Crippen molar-refractivity contribution in [1.82, 2.24) is 15.1 Å². The Morgan fingerprint density at radius 3 is 2.20 bits per heavy atom. The zero-order valence-electron chi connectivity index (χ0n) is 14.1. The van der Waals surface area contributed by atoms with Crippen LogP contribution in [0.3, 0.4) is 0 Å². The average Bonchev–Trinajstić information content (AvgIpc) is 2.40. The summed E-state index contributed by atoms with van der Waals surface area (Å²) in [6.07, 6.45) is 11.2. The van der Waals surface area contributed by atoms with Gasteiger partial charge in [-0.1, -0.05) is 19.3 Å². The van der Waals surface area contributed by atoms with E-state index in [0.29, 0.717) is 11.6 Å². The van der Waals surface area contributed by atoms with E-state index in [2.05, 4.69) is 43.2 Å². The number of hydrogen-bond donors (Lipinski definition) is 1. The summed E-state index contributed by atoms with van der Waals surface area (Å²) < 4.78 is 0. The van der Waals surface area contributed by atoms with Crippen LogP contribution in [0.2, 0.25) is 0 Å². The van der Waals surface area contributed by atoms with E-state index < -0.39 is 0 Å². The quantitative estimate of drug-likeness (QED) is 0.774. The molecule has 0 amide bonds.